The summed E-state index contributed by atoms with van der Waals surface area (Å²) < 4.78 is 10.7. The normalized spacial score (nSPS) is 14.9. The number of halogens is 2. The smallest absolute Gasteiger partial charge is 0.781 e. The molecule has 0 N–H and O–H groups in total. The molecule has 0 spiro atoms. The van der Waals surface area contributed by atoms with Gasteiger partial charge in [-0.3, -0.25) is 0 Å². The molecule has 0 heterocycles. The van der Waals surface area contributed by atoms with E-state index in [2.05, 4.69) is 24.3 Å². The molecule has 0 unspecified atom stereocenters. The van der Waals surface area contributed by atoms with Gasteiger partial charge in [-0.25, -0.2) is 9.59 Å². The largest absolute Gasteiger partial charge is 4.00 e. The first-order valence-electron chi connectivity index (χ1n) is 22.1. The van der Waals surface area contributed by atoms with Crippen LogP contribution in [0.5, 0.6) is 0 Å². The van der Waals surface area contributed by atoms with Gasteiger partial charge in [0.05, 0.1) is 11.1 Å². The van der Waals surface area contributed by atoms with E-state index in [0.29, 0.717) is 11.1 Å². The van der Waals surface area contributed by atoms with Gasteiger partial charge < -0.3 is 64.4 Å². The molecule has 4 fully saturated rings. The van der Waals surface area contributed by atoms with Crippen LogP contribution in [-0.4, -0.2) is 23.1 Å². The molecule has 0 saturated heterocycles. The second-order valence-corrected chi connectivity index (χ2v) is 21.6. The minimum absolute atomic E-state index is 0. The average Bonchev–Trinajstić information content (AvgIpc) is 4.04. The minimum atomic E-state index is -0.556. The molecule has 7 rings (SSSR count). The molecule has 4 aliphatic carbocycles. The Hall–Kier alpha value is -0.951. The van der Waals surface area contributed by atoms with Gasteiger partial charge in [0.2, 0.25) is 0 Å². The third kappa shape index (κ3) is 34.4. The van der Waals surface area contributed by atoms with Gasteiger partial charge in [-0.05, 0) is 102 Å². The summed E-state index contributed by atoms with van der Waals surface area (Å²) in [6, 6.07) is 23.3. The summed E-state index contributed by atoms with van der Waals surface area (Å²) >= 11 is 9.14. The Bertz CT molecular complexity index is 1430. The quantitative estimate of drug-likeness (QED) is 0.106. The van der Waals surface area contributed by atoms with Crippen LogP contribution in [-0.2, 0) is 86.3 Å². The zero-order valence-electron chi connectivity index (χ0n) is 41.4. The molecule has 360 valence electrons. The van der Waals surface area contributed by atoms with Gasteiger partial charge in [-0.1, -0.05) is 164 Å². The molecule has 0 bridgehead atoms. The summed E-state index contributed by atoms with van der Waals surface area (Å²) in [4.78, 5) is 25.3. The van der Waals surface area contributed by atoms with Crippen molar-refractivity contribution in [3.63, 3.8) is 0 Å². The van der Waals surface area contributed by atoms with Crippen LogP contribution in [0.25, 0.3) is 0 Å². The fourth-order valence-corrected chi connectivity index (χ4v) is 7.83. The fraction of sp³-hybridized carbons (Fsp3) is 0.556. The molecule has 3 aromatic carbocycles. The van der Waals surface area contributed by atoms with Crippen LogP contribution in [0, 0.1) is 41.5 Å². The molecule has 4 nitrogen and oxygen atoms in total. The van der Waals surface area contributed by atoms with Crippen LogP contribution in [0.4, 0.5) is 0 Å². The third-order valence-electron chi connectivity index (χ3n) is 10.5. The van der Waals surface area contributed by atoms with Gasteiger partial charge in [0.1, 0.15) is 11.2 Å². The molecule has 0 aliphatic heterocycles. The predicted octanol–water partition coefficient (Wildman–Crippen LogP) is 17.3. The molecule has 64 heavy (non-hydrogen) atoms. The second-order valence-electron chi connectivity index (χ2n) is 18.2. The van der Waals surface area contributed by atoms with Gasteiger partial charge >= 0.3 is 69.3 Å². The zero-order chi connectivity index (χ0) is 43.5. The van der Waals surface area contributed by atoms with Gasteiger partial charge in [0, 0.05) is 0 Å². The molecule has 3 aromatic rings. The van der Waals surface area contributed by atoms with Gasteiger partial charge in [-0.2, -0.15) is 9.79 Å². The van der Waals surface area contributed by atoms with Crippen LogP contribution in [0.1, 0.15) is 189 Å². The summed E-state index contributed by atoms with van der Waals surface area (Å²) in [7, 11) is 9.78. The fourth-order valence-electron chi connectivity index (χ4n) is 7.54. The standard InChI is InChI=1S/2C17H24O2.C6H6S2.2C5H10.4CH3.2ClH.2Ti/c2*1-17(2,3)19-16(18)15-10-8-14(9-11-15)12-13-6-4-5-7-13;7-5-3-1-2-4-6(5)8;2*1-2-4-5-3-1;;;;;;;;/h2*8-11,13H,4-7,12H2,1-3H3;1-4,7-8H;2*1-5H2;4*1H3;2*1H;;/q;;;;;4*-1;;;+2;+4/p-4. The number of esters is 2. The summed E-state index contributed by atoms with van der Waals surface area (Å²) in [5.74, 6) is 1.21. The van der Waals surface area contributed by atoms with Crippen LogP contribution >= 0.6 is 18.6 Å². The van der Waals surface area contributed by atoms with Crippen molar-refractivity contribution in [2.75, 3.05) is 0 Å². The molecular weight excluding hydrogens is 943 g/mol. The molecule has 4 saturated carbocycles. The number of benzene rings is 3. The summed E-state index contributed by atoms with van der Waals surface area (Å²) in [5, 5.41) is 0. The first kappa shape index (κ1) is 69.6. The SMILES string of the molecule is C1CCCC1.C1CCCC1.CC(C)(C)OC(=O)c1ccc(CC2CCCC2)cc1.CC(C)(C)OC(=O)c1ccc(CC2CCCC2)cc1.[CH3-].[CH3-].[CH3-].[CH3-].[Cl][Ti][Cl].[S-]c1ccccc1[S-].[Ti+4]. The van der Waals surface area contributed by atoms with Crippen LogP contribution in [0.2, 0.25) is 0 Å². The Labute approximate surface area is 437 Å². The number of hydrogen-bond acceptors (Lipinski definition) is 6. The van der Waals surface area contributed by atoms with Crippen molar-refractivity contribution < 1.29 is 57.8 Å². The maximum Gasteiger partial charge on any atom is 4.00 e. The number of hydrogen-bond donors (Lipinski definition) is 0. The maximum absolute atomic E-state index is 11.9. The minimum Gasteiger partial charge on any atom is -0.781 e. The topological polar surface area (TPSA) is 52.6 Å². The Morgan fingerprint density at radius 1 is 0.500 bits per heavy atom. The zero-order valence-corrected chi connectivity index (χ0v) is 47.7. The first-order valence-corrected chi connectivity index (χ1v) is 27.3. The van der Waals surface area contributed by atoms with Crippen LogP contribution in [0.15, 0.2) is 82.6 Å². The van der Waals surface area contributed by atoms with Crippen molar-refractivity contribution in [3.05, 3.63) is 125 Å². The van der Waals surface area contributed by atoms with E-state index in [9.17, 15) is 9.59 Å². The molecule has 0 atom stereocenters. The van der Waals surface area contributed by atoms with E-state index in [-0.39, 0.29) is 63.4 Å². The van der Waals surface area contributed by atoms with Crippen molar-refractivity contribution >= 4 is 55.8 Å². The Morgan fingerprint density at radius 3 is 0.938 bits per heavy atom. The Morgan fingerprint density at radius 2 is 0.734 bits per heavy atom. The van der Waals surface area contributed by atoms with E-state index >= 15 is 0 Å². The van der Waals surface area contributed by atoms with Crippen LogP contribution < -0.4 is 0 Å². The van der Waals surface area contributed by atoms with E-state index in [1.807, 2.05) is 90.1 Å². The van der Waals surface area contributed by atoms with Gasteiger partial charge in [0.25, 0.3) is 0 Å². The average molecular weight is 1030 g/mol. The molecule has 4 aliphatic rings. The summed E-state index contributed by atoms with van der Waals surface area (Å²) in [6.07, 6.45) is 28.2. The van der Waals surface area contributed by atoms with Crippen molar-refractivity contribution in [2.45, 2.75) is 191 Å². The number of carbonyl (C=O) groups excluding carboxylic acids is 2. The summed E-state index contributed by atoms with van der Waals surface area (Å²) in [6.45, 7) is 11.3. The maximum atomic E-state index is 11.9. The van der Waals surface area contributed by atoms with E-state index in [1.54, 1.807) is 0 Å². The van der Waals surface area contributed by atoms with E-state index in [1.165, 1.54) is 127 Å². The molecule has 0 radical (unpaired) electrons. The van der Waals surface area contributed by atoms with E-state index in [4.69, 9.17) is 53.3 Å². The van der Waals surface area contributed by atoms with Crippen molar-refractivity contribution in [3.8, 4) is 0 Å². The second kappa shape index (κ2) is 40.0. The van der Waals surface area contributed by atoms with Crippen LogP contribution in [0.3, 0.4) is 0 Å². The number of rotatable bonds is 6. The first-order chi connectivity index (χ1) is 28.1. The molecule has 10 heteroatoms. The molecule has 0 amide bonds. The molecular formula is C54H84Cl2O4S2Ti2-2. The Balaban J connectivity index is -0.000000370. The van der Waals surface area contributed by atoms with Crippen molar-refractivity contribution in [1.82, 2.24) is 0 Å². The van der Waals surface area contributed by atoms with Gasteiger partial charge in [0.15, 0.2) is 0 Å². The summed E-state index contributed by atoms with van der Waals surface area (Å²) in [5.41, 5.74) is 3.09. The number of ether oxygens (including phenoxy) is 2. The monoisotopic (exact) mass is 1030 g/mol. The molecule has 0 aromatic heterocycles. The van der Waals surface area contributed by atoms with E-state index < -0.39 is 28.2 Å². The number of carbonyl (C=O) groups is 2. The van der Waals surface area contributed by atoms with Gasteiger partial charge in [-0.15, -0.1) is 0 Å². The predicted molar refractivity (Wildman–Crippen MR) is 276 cm³/mol. The van der Waals surface area contributed by atoms with E-state index in [0.717, 1.165) is 34.5 Å². The Kier molecular flexibility index (Phi) is 43.5. The van der Waals surface area contributed by atoms with Crippen molar-refractivity contribution in [2.24, 2.45) is 11.8 Å². The van der Waals surface area contributed by atoms with Crippen molar-refractivity contribution in [1.29, 1.82) is 0 Å². The third-order valence-corrected chi connectivity index (χ3v) is 11.4.